The molecule has 0 unspecified atom stereocenters. The first kappa shape index (κ1) is 22.1. The van der Waals surface area contributed by atoms with Gasteiger partial charge in [-0.05, 0) is 31.7 Å². The summed E-state index contributed by atoms with van der Waals surface area (Å²) in [6, 6.07) is 3.85. The molecule has 0 amide bonds. The van der Waals surface area contributed by atoms with Gasteiger partial charge in [-0.3, -0.25) is 4.90 Å². The molecule has 2 aromatic rings. The molecule has 11 heteroatoms. The van der Waals surface area contributed by atoms with Gasteiger partial charge in [0.2, 0.25) is 0 Å². The molecular formula is C22H27F3N6O2. The molecular weight excluding hydrogens is 437 g/mol. The molecule has 4 fully saturated rings. The zero-order valence-corrected chi connectivity index (χ0v) is 18.4. The number of ether oxygens (including phenoxy) is 2. The minimum atomic E-state index is -4.86. The van der Waals surface area contributed by atoms with Gasteiger partial charge in [-0.15, -0.1) is 13.2 Å². The third kappa shape index (κ3) is 4.84. The summed E-state index contributed by atoms with van der Waals surface area (Å²) < 4.78 is 47.7. The number of nitrogen functional groups attached to an aromatic ring is 1. The molecule has 0 spiro atoms. The lowest BCUT2D eigenvalue weighted by Gasteiger charge is -2.52. The highest BCUT2D eigenvalue weighted by molar-refractivity contribution is 5.67. The van der Waals surface area contributed by atoms with Crippen molar-refractivity contribution in [2.45, 2.75) is 50.0 Å². The van der Waals surface area contributed by atoms with Crippen LogP contribution in [0.25, 0.3) is 11.3 Å². The number of fused-ring (bicyclic) bond motifs is 3. The number of methoxy groups -OCH3 is 1. The number of anilines is 2. The van der Waals surface area contributed by atoms with Crippen LogP contribution in [0.1, 0.15) is 37.4 Å². The van der Waals surface area contributed by atoms with Crippen molar-refractivity contribution in [3.05, 3.63) is 24.2 Å². The van der Waals surface area contributed by atoms with Gasteiger partial charge in [0.1, 0.15) is 11.6 Å². The standard InChI is InChI=1S/C22H27F3N6O2/c1-32-7-6-30-11-16-5-4-15(30)12-31(16)19-9-17(28-21(29-19)13-2-3-13)14-8-18(20(26)27-10-14)33-22(23,24)25/h8-10,13,15-16H,2-7,11-12H2,1H3,(H2,26,27)/t15-,16-/m0/s1. The number of hydrogen-bond acceptors (Lipinski definition) is 8. The molecule has 2 N–H and O–H groups in total. The van der Waals surface area contributed by atoms with Crippen LogP contribution in [0.4, 0.5) is 24.8 Å². The molecule has 1 saturated carbocycles. The van der Waals surface area contributed by atoms with Crippen LogP contribution < -0.4 is 15.4 Å². The number of pyridine rings is 1. The summed E-state index contributed by atoms with van der Waals surface area (Å²) in [5, 5.41) is 0. The minimum Gasteiger partial charge on any atom is -0.402 e. The molecule has 0 aromatic carbocycles. The van der Waals surface area contributed by atoms with Crippen molar-refractivity contribution < 1.29 is 22.6 Å². The van der Waals surface area contributed by atoms with E-state index in [0.717, 1.165) is 57.0 Å². The molecule has 2 atom stereocenters. The Hall–Kier alpha value is -2.66. The highest BCUT2D eigenvalue weighted by Crippen LogP contribution is 2.41. The fourth-order valence-electron chi connectivity index (χ4n) is 4.75. The average molecular weight is 464 g/mol. The molecule has 6 rings (SSSR count). The number of aromatic nitrogens is 3. The average Bonchev–Trinajstić information content (AvgIpc) is 3.64. The van der Waals surface area contributed by atoms with Gasteiger partial charge < -0.3 is 20.1 Å². The Morgan fingerprint density at radius 1 is 1.09 bits per heavy atom. The van der Waals surface area contributed by atoms with Crippen LogP contribution in [0, 0.1) is 0 Å². The van der Waals surface area contributed by atoms with Crippen LogP contribution in [0.2, 0.25) is 0 Å². The number of rotatable bonds is 7. The number of hydrogen-bond donors (Lipinski definition) is 1. The van der Waals surface area contributed by atoms with E-state index in [1.54, 1.807) is 7.11 Å². The molecule has 2 aromatic heterocycles. The molecule has 1 aliphatic carbocycles. The highest BCUT2D eigenvalue weighted by Gasteiger charge is 2.40. The third-order valence-corrected chi connectivity index (χ3v) is 6.60. The van der Waals surface area contributed by atoms with Crippen molar-refractivity contribution in [2.24, 2.45) is 0 Å². The van der Waals surface area contributed by atoms with E-state index >= 15 is 0 Å². The summed E-state index contributed by atoms with van der Waals surface area (Å²) in [4.78, 5) is 18.2. The van der Waals surface area contributed by atoms with E-state index < -0.39 is 12.1 Å². The molecule has 3 saturated heterocycles. The minimum absolute atomic E-state index is 0.288. The van der Waals surface area contributed by atoms with Crippen molar-refractivity contribution >= 4 is 11.6 Å². The Morgan fingerprint density at radius 2 is 1.88 bits per heavy atom. The maximum Gasteiger partial charge on any atom is 0.573 e. The summed E-state index contributed by atoms with van der Waals surface area (Å²) in [5.41, 5.74) is 6.55. The molecule has 4 aliphatic rings. The van der Waals surface area contributed by atoms with Crippen molar-refractivity contribution in [1.29, 1.82) is 0 Å². The number of alkyl halides is 3. The topological polar surface area (TPSA) is 89.6 Å². The van der Waals surface area contributed by atoms with Gasteiger partial charge in [0, 0.05) is 62.6 Å². The summed E-state index contributed by atoms with van der Waals surface area (Å²) in [6.07, 6.45) is 0.824. The summed E-state index contributed by atoms with van der Waals surface area (Å²) in [6.45, 7) is 3.42. The SMILES string of the molecule is COCCN1C[C@@H]2CC[C@H]1CN2c1cc(-c2cnc(N)c(OC(F)(F)F)c2)nc(C2CC2)n1. The zero-order valence-electron chi connectivity index (χ0n) is 18.4. The van der Waals surface area contributed by atoms with Gasteiger partial charge in [0.15, 0.2) is 11.6 Å². The smallest absolute Gasteiger partial charge is 0.402 e. The monoisotopic (exact) mass is 464 g/mol. The van der Waals surface area contributed by atoms with Crippen LogP contribution in [0.15, 0.2) is 18.3 Å². The number of nitrogens with two attached hydrogens (primary N) is 1. The molecule has 5 heterocycles. The van der Waals surface area contributed by atoms with Gasteiger partial charge >= 0.3 is 6.36 Å². The Bertz CT molecular complexity index is 1020. The van der Waals surface area contributed by atoms with Gasteiger partial charge in [-0.2, -0.15) is 0 Å². The first-order valence-electron chi connectivity index (χ1n) is 11.2. The Kier molecular flexibility index (Phi) is 5.77. The van der Waals surface area contributed by atoms with E-state index in [-0.39, 0.29) is 11.7 Å². The lowest BCUT2D eigenvalue weighted by molar-refractivity contribution is -0.274. The van der Waals surface area contributed by atoms with Crippen LogP contribution in [-0.2, 0) is 4.74 Å². The summed E-state index contributed by atoms with van der Waals surface area (Å²) in [7, 11) is 1.72. The molecule has 178 valence electrons. The lowest BCUT2D eigenvalue weighted by atomic mass is 9.90. The van der Waals surface area contributed by atoms with Crippen molar-refractivity contribution in [2.75, 3.05) is 44.0 Å². The quantitative estimate of drug-likeness (QED) is 0.668. The molecule has 33 heavy (non-hydrogen) atoms. The van der Waals surface area contributed by atoms with Gasteiger partial charge in [0.25, 0.3) is 0 Å². The van der Waals surface area contributed by atoms with Gasteiger partial charge in [0.05, 0.1) is 12.3 Å². The normalized spacial score (nSPS) is 23.2. The largest absolute Gasteiger partial charge is 0.573 e. The highest BCUT2D eigenvalue weighted by atomic mass is 19.4. The molecule has 3 aliphatic heterocycles. The Labute approximate surface area is 189 Å². The van der Waals surface area contributed by atoms with Crippen molar-refractivity contribution in [1.82, 2.24) is 19.9 Å². The van der Waals surface area contributed by atoms with E-state index in [1.807, 2.05) is 6.07 Å². The maximum absolute atomic E-state index is 12.8. The second-order valence-electron chi connectivity index (χ2n) is 8.92. The Balaban J connectivity index is 1.46. The van der Waals surface area contributed by atoms with E-state index in [9.17, 15) is 13.2 Å². The first-order valence-corrected chi connectivity index (χ1v) is 11.2. The maximum atomic E-state index is 12.8. The summed E-state index contributed by atoms with van der Waals surface area (Å²) in [5.74, 6) is 0.987. The third-order valence-electron chi connectivity index (χ3n) is 6.60. The number of halogens is 3. The van der Waals surface area contributed by atoms with Crippen molar-refractivity contribution in [3.8, 4) is 17.0 Å². The van der Waals surface area contributed by atoms with Crippen LogP contribution in [0.3, 0.4) is 0 Å². The van der Waals surface area contributed by atoms with E-state index in [0.29, 0.717) is 29.9 Å². The summed E-state index contributed by atoms with van der Waals surface area (Å²) >= 11 is 0. The zero-order chi connectivity index (χ0) is 23.2. The predicted octanol–water partition coefficient (Wildman–Crippen LogP) is 3.20. The molecule has 8 nitrogen and oxygen atoms in total. The molecule has 2 bridgehead atoms. The molecule has 0 radical (unpaired) electrons. The second kappa shape index (κ2) is 8.60. The Morgan fingerprint density at radius 3 is 2.55 bits per heavy atom. The predicted molar refractivity (Wildman–Crippen MR) is 116 cm³/mol. The number of piperazine rings is 1. The lowest BCUT2D eigenvalue weighted by Crippen LogP contribution is -2.63. The van der Waals surface area contributed by atoms with Gasteiger partial charge in [-0.25, -0.2) is 15.0 Å². The fourth-order valence-corrected chi connectivity index (χ4v) is 4.75. The number of nitrogens with zero attached hydrogens (tertiary/aromatic N) is 5. The van der Waals surface area contributed by atoms with Gasteiger partial charge in [-0.1, -0.05) is 0 Å². The first-order chi connectivity index (χ1) is 15.8. The van der Waals surface area contributed by atoms with E-state index in [1.165, 1.54) is 12.3 Å². The van der Waals surface area contributed by atoms with Crippen LogP contribution >= 0.6 is 0 Å². The number of piperidine rings is 2. The van der Waals surface area contributed by atoms with E-state index in [2.05, 4.69) is 24.5 Å². The van der Waals surface area contributed by atoms with Crippen LogP contribution in [-0.4, -0.2) is 71.6 Å². The fraction of sp³-hybridized carbons (Fsp3) is 0.591. The van der Waals surface area contributed by atoms with E-state index in [4.69, 9.17) is 15.5 Å². The van der Waals surface area contributed by atoms with Crippen molar-refractivity contribution in [3.63, 3.8) is 0 Å². The van der Waals surface area contributed by atoms with Crippen LogP contribution in [0.5, 0.6) is 5.75 Å². The second-order valence-corrected chi connectivity index (χ2v) is 8.92.